The number of benzene rings is 1. The molecular formula is C20H24N2O3S. The van der Waals surface area contributed by atoms with Crippen molar-refractivity contribution in [2.24, 2.45) is 5.92 Å². The molecule has 2 saturated heterocycles. The molecule has 5 nitrogen and oxygen atoms in total. The highest BCUT2D eigenvalue weighted by atomic mass is 32.2. The first-order chi connectivity index (χ1) is 12.7. The molecule has 1 amide bonds. The number of piperidine rings is 1. The van der Waals surface area contributed by atoms with Crippen LogP contribution in [0.4, 0.5) is 0 Å². The van der Waals surface area contributed by atoms with Gasteiger partial charge in [-0.1, -0.05) is 12.1 Å². The lowest BCUT2D eigenvalue weighted by Crippen LogP contribution is -2.43. The molecule has 1 atom stereocenters. The van der Waals surface area contributed by atoms with Gasteiger partial charge in [0.15, 0.2) is 11.2 Å². The summed E-state index contributed by atoms with van der Waals surface area (Å²) in [6.45, 7) is 2.89. The lowest BCUT2D eigenvalue weighted by atomic mass is 9.95. The molecule has 0 spiro atoms. The van der Waals surface area contributed by atoms with Gasteiger partial charge in [-0.25, -0.2) is 0 Å². The molecule has 1 N–H and O–H groups in total. The molecule has 2 fully saturated rings. The molecule has 138 valence electrons. The maximum atomic E-state index is 12.4. The van der Waals surface area contributed by atoms with Crippen LogP contribution in [0.5, 0.6) is 0 Å². The van der Waals surface area contributed by atoms with Gasteiger partial charge in [-0.15, -0.1) is 0 Å². The van der Waals surface area contributed by atoms with Crippen molar-refractivity contribution in [3.8, 4) is 0 Å². The average molecular weight is 372 g/mol. The smallest absolute Gasteiger partial charge is 0.287 e. The SMILES string of the molecule is O=C(NCC1CCN([C@H]2CCSC2)CC1)c1cc(=O)c2ccccc2o1. The summed E-state index contributed by atoms with van der Waals surface area (Å²) >= 11 is 2.06. The van der Waals surface area contributed by atoms with E-state index >= 15 is 0 Å². The summed E-state index contributed by atoms with van der Waals surface area (Å²) in [6, 6.07) is 9.05. The third-order valence-corrected chi connectivity index (χ3v) is 6.63. The van der Waals surface area contributed by atoms with Crippen LogP contribution in [0.2, 0.25) is 0 Å². The van der Waals surface area contributed by atoms with Gasteiger partial charge in [-0.05, 0) is 56.2 Å². The number of hydrogen-bond acceptors (Lipinski definition) is 5. The van der Waals surface area contributed by atoms with E-state index in [0.29, 0.717) is 23.4 Å². The van der Waals surface area contributed by atoms with Gasteiger partial charge >= 0.3 is 0 Å². The van der Waals surface area contributed by atoms with E-state index < -0.39 is 0 Å². The fraction of sp³-hybridized carbons (Fsp3) is 0.500. The maximum Gasteiger partial charge on any atom is 0.287 e. The van der Waals surface area contributed by atoms with Crippen LogP contribution >= 0.6 is 11.8 Å². The standard InChI is InChI=1S/C20H24N2O3S/c23-17-11-19(25-18-4-2-1-3-16(17)18)20(24)21-12-14-5-8-22(9-6-14)15-7-10-26-13-15/h1-4,11,14-15H,5-10,12-13H2,(H,21,24)/t15-/m0/s1. The fourth-order valence-electron chi connectivity index (χ4n) is 3.87. The number of likely N-dealkylation sites (tertiary alicyclic amines) is 1. The Bertz CT molecular complexity index is 836. The van der Waals surface area contributed by atoms with Gasteiger partial charge in [0.25, 0.3) is 5.91 Å². The monoisotopic (exact) mass is 372 g/mol. The summed E-state index contributed by atoms with van der Waals surface area (Å²) in [4.78, 5) is 27.1. The topological polar surface area (TPSA) is 62.6 Å². The molecule has 1 aromatic heterocycles. The number of rotatable bonds is 4. The number of nitrogens with one attached hydrogen (secondary N) is 1. The van der Waals surface area contributed by atoms with E-state index in [-0.39, 0.29) is 17.1 Å². The summed E-state index contributed by atoms with van der Waals surface area (Å²) in [5.74, 6) is 2.84. The Morgan fingerprint density at radius 2 is 2.04 bits per heavy atom. The van der Waals surface area contributed by atoms with Crippen LogP contribution < -0.4 is 10.7 Å². The van der Waals surface area contributed by atoms with E-state index in [2.05, 4.69) is 22.0 Å². The quantitative estimate of drug-likeness (QED) is 0.894. The van der Waals surface area contributed by atoms with E-state index in [9.17, 15) is 9.59 Å². The number of fused-ring (bicyclic) bond motifs is 1. The highest BCUT2D eigenvalue weighted by molar-refractivity contribution is 7.99. The number of amides is 1. The van der Waals surface area contributed by atoms with Crippen molar-refractivity contribution in [1.82, 2.24) is 10.2 Å². The number of carbonyl (C=O) groups excluding carboxylic acids is 1. The molecular weight excluding hydrogens is 348 g/mol. The third-order valence-electron chi connectivity index (χ3n) is 5.48. The fourth-order valence-corrected chi connectivity index (χ4v) is 5.13. The zero-order chi connectivity index (χ0) is 17.9. The second-order valence-corrected chi connectivity index (χ2v) is 8.33. The summed E-state index contributed by atoms with van der Waals surface area (Å²) in [5.41, 5.74) is 0.271. The Morgan fingerprint density at radius 1 is 1.23 bits per heavy atom. The molecule has 0 radical (unpaired) electrons. The number of hydrogen-bond donors (Lipinski definition) is 1. The van der Waals surface area contributed by atoms with Gasteiger partial charge in [-0.3, -0.25) is 14.5 Å². The molecule has 2 aromatic rings. The summed E-state index contributed by atoms with van der Waals surface area (Å²) in [7, 11) is 0. The molecule has 0 unspecified atom stereocenters. The van der Waals surface area contributed by atoms with Crippen LogP contribution in [-0.4, -0.2) is 48.0 Å². The summed E-state index contributed by atoms with van der Waals surface area (Å²) < 4.78 is 5.61. The number of thioether (sulfide) groups is 1. The molecule has 2 aliphatic heterocycles. The van der Waals surface area contributed by atoms with Crippen molar-refractivity contribution in [3.05, 3.63) is 46.3 Å². The van der Waals surface area contributed by atoms with Crippen LogP contribution in [0, 0.1) is 5.92 Å². The maximum absolute atomic E-state index is 12.4. The van der Waals surface area contributed by atoms with Gasteiger partial charge in [0.1, 0.15) is 5.58 Å². The molecule has 0 bridgehead atoms. The minimum Gasteiger partial charge on any atom is -0.451 e. The molecule has 3 heterocycles. The highest BCUT2D eigenvalue weighted by Gasteiger charge is 2.27. The van der Waals surface area contributed by atoms with Crippen LogP contribution in [0.25, 0.3) is 11.0 Å². The lowest BCUT2D eigenvalue weighted by Gasteiger charge is -2.35. The Hall–Kier alpha value is -1.79. The molecule has 4 rings (SSSR count). The van der Waals surface area contributed by atoms with Crippen LogP contribution in [-0.2, 0) is 0 Å². The van der Waals surface area contributed by atoms with Crippen molar-refractivity contribution in [2.45, 2.75) is 25.3 Å². The first kappa shape index (κ1) is 17.6. The van der Waals surface area contributed by atoms with Crippen molar-refractivity contribution in [1.29, 1.82) is 0 Å². The zero-order valence-electron chi connectivity index (χ0n) is 14.8. The van der Waals surface area contributed by atoms with Crippen LogP contribution in [0.15, 0.2) is 39.5 Å². The Morgan fingerprint density at radius 3 is 2.81 bits per heavy atom. The van der Waals surface area contributed by atoms with Gasteiger partial charge in [0.2, 0.25) is 0 Å². The minimum atomic E-state index is -0.303. The van der Waals surface area contributed by atoms with Gasteiger partial charge in [0, 0.05) is 24.4 Å². The highest BCUT2D eigenvalue weighted by Crippen LogP contribution is 2.26. The largest absolute Gasteiger partial charge is 0.451 e. The van der Waals surface area contributed by atoms with Crippen molar-refractivity contribution >= 4 is 28.6 Å². The molecule has 0 saturated carbocycles. The first-order valence-electron chi connectivity index (χ1n) is 9.33. The predicted molar refractivity (Wildman–Crippen MR) is 105 cm³/mol. The van der Waals surface area contributed by atoms with E-state index in [1.54, 1.807) is 24.3 Å². The average Bonchev–Trinajstić information content (AvgIpc) is 3.21. The van der Waals surface area contributed by atoms with Crippen molar-refractivity contribution < 1.29 is 9.21 Å². The first-order valence-corrected chi connectivity index (χ1v) is 10.5. The van der Waals surface area contributed by atoms with Gasteiger partial charge < -0.3 is 9.73 Å². The minimum absolute atomic E-state index is 0.0918. The van der Waals surface area contributed by atoms with Gasteiger partial charge in [-0.2, -0.15) is 11.8 Å². The second-order valence-electron chi connectivity index (χ2n) is 7.18. The molecule has 2 aliphatic rings. The summed E-state index contributed by atoms with van der Waals surface area (Å²) in [6.07, 6.45) is 3.54. The molecule has 1 aromatic carbocycles. The van der Waals surface area contributed by atoms with Crippen LogP contribution in [0.1, 0.15) is 29.8 Å². The number of carbonyl (C=O) groups is 1. The van der Waals surface area contributed by atoms with Gasteiger partial charge in [0.05, 0.1) is 5.39 Å². The van der Waals surface area contributed by atoms with E-state index in [1.165, 1.54) is 24.0 Å². The predicted octanol–water partition coefficient (Wildman–Crippen LogP) is 2.74. The Labute approximate surface area is 157 Å². The molecule has 6 heteroatoms. The molecule has 0 aliphatic carbocycles. The van der Waals surface area contributed by atoms with E-state index in [1.807, 2.05) is 0 Å². The second kappa shape index (κ2) is 7.84. The van der Waals surface area contributed by atoms with E-state index in [0.717, 1.165) is 32.0 Å². The van der Waals surface area contributed by atoms with Crippen molar-refractivity contribution in [2.75, 3.05) is 31.1 Å². The lowest BCUT2D eigenvalue weighted by molar-refractivity contribution is 0.0902. The zero-order valence-corrected chi connectivity index (χ0v) is 15.6. The normalized spacial score (nSPS) is 21.9. The van der Waals surface area contributed by atoms with Crippen molar-refractivity contribution in [3.63, 3.8) is 0 Å². The Balaban J connectivity index is 1.32. The Kier molecular flexibility index (Phi) is 5.31. The molecule has 26 heavy (non-hydrogen) atoms. The third kappa shape index (κ3) is 3.81. The number of para-hydroxylation sites is 1. The van der Waals surface area contributed by atoms with Crippen LogP contribution in [0.3, 0.4) is 0 Å². The van der Waals surface area contributed by atoms with E-state index in [4.69, 9.17) is 4.42 Å². The number of nitrogens with zero attached hydrogens (tertiary/aromatic N) is 1. The summed E-state index contributed by atoms with van der Waals surface area (Å²) in [5, 5.41) is 3.45.